The third kappa shape index (κ3) is 4.19. The van der Waals surface area contributed by atoms with Crippen LogP contribution in [0.4, 0.5) is 4.79 Å². The van der Waals surface area contributed by atoms with Crippen LogP contribution >= 0.6 is 0 Å². The van der Waals surface area contributed by atoms with Crippen LogP contribution in [0.1, 0.15) is 39.9 Å². The average molecular weight is 310 g/mol. The molecule has 0 bridgehead atoms. The molecule has 7 heteroatoms. The van der Waals surface area contributed by atoms with Crippen molar-refractivity contribution < 1.29 is 14.6 Å². The van der Waals surface area contributed by atoms with Gasteiger partial charge >= 0.3 is 6.09 Å². The van der Waals surface area contributed by atoms with E-state index in [1.807, 2.05) is 27.7 Å². The molecule has 2 heterocycles. The summed E-state index contributed by atoms with van der Waals surface area (Å²) >= 11 is 0. The lowest BCUT2D eigenvalue weighted by atomic mass is 9.99. The minimum absolute atomic E-state index is 0.0505. The predicted octanol–water partition coefficient (Wildman–Crippen LogP) is 1.46. The number of nitrogens with zero attached hydrogens (tertiary/aromatic N) is 4. The second-order valence-electron chi connectivity index (χ2n) is 6.74. The maximum atomic E-state index is 12.0. The van der Waals surface area contributed by atoms with Gasteiger partial charge < -0.3 is 14.7 Å². The molecule has 0 radical (unpaired) electrons. The highest BCUT2D eigenvalue weighted by Gasteiger charge is 2.33. The Morgan fingerprint density at radius 1 is 1.55 bits per heavy atom. The number of hydrogen-bond donors (Lipinski definition) is 1. The van der Waals surface area contributed by atoms with E-state index in [0.29, 0.717) is 19.5 Å². The Balaban J connectivity index is 1.88. The molecule has 1 aliphatic rings. The Bertz CT molecular complexity index is 509. The summed E-state index contributed by atoms with van der Waals surface area (Å²) in [5, 5.41) is 14.5. The molecule has 124 valence electrons. The van der Waals surface area contributed by atoms with E-state index >= 15 is 0 Å². The van der Waals surface area contributed by atoms with Crippen LogP contribution in [-0.2, 0) is 17.7 Å². The van der Waals surface area contributed by atoms with Gasteiger partial charge in [0, 0.05) is 32.0 Å². The third-order valence-corrected chi connectivity index (χ3v) is 3.81. The van der Waals surface area contributed by atoms with Crippen molar-refractivity contribution >= 4 is 6.09 Å². The van der Waals surface area contributed by atoms with Crippen LogP contribution in [0.3, 0.4) is 0 Å². The number of rotatable bonds is 4. The second-order valence-corrected chi connectivity index (χ2v) is 6.74. The highest BCUT2D eigenvalue weighted by atomic mass is 16.6. The standard InChI is InChI=1S/C15H26N4O3/c1-5-19-13(16-10-17-19)8-12(20)11-6-7-18(9-11)14(21)22-15(2,3)4/h10-12,20H,5-9H2,1-4H3. The van der Waals surface area contributed by atoms with Crippen molar-refractivity contribution in [1.82, 2.24) is 19.7 Å². The van der Waals surface area contributed by atoms with Crippen LogP contribution in [0.5, 0.6) is 0 Å². The van der Waals surface area contributed by atoms with Crippen LogP contribution in [0.15, 0.2) is 6.33 Å². The minimum atomic E-state index is -0.526. The highest BCUT2D eigenvalue weighted by molar-refractivity contribution is 5.68. The fourth-order valence-electron chi connectivity index (χ4n) is 2.66. The van der Waals surface area contributed by atoms with Crippen molar-refractivity contribution in [3.63, 3.8) is 0 Å². The highest BCUT2D eigenvalue weighted by Crippen LogP contribution is 2.23. The summed E-state index contributed by atoms with van der Waals surface area (Å²) in [4.78, 5) is 17.9. The van der Waals surface area contributed by atoms with Gasteiger partial charge in [0.1, 0.15) is 17.8 Å². The molecule has 7 nitrogen and oxygen atoms in total. The van der Waals surface area contributed by atoms with E-state index in [9.17, 15) is 9.90 Å². The fourth-order valence-corrected chi connectivity index (χ4v) is 2.66. The van der Waals surface area contributed by atoms with Crippen molar-refractivity contribution in [2.45, 2.75) is 58.8 Å². The number of aliphatic hydroxyl groups excluding tert-OH is 1. The topological polar surface area (TPSA) is 80.5 Å². The lowest BCUT2D eigenvalue weighted by molar-refractivity contribution is 0.0268. The van der Waals surface area contributed by atoms with Gasteiger partial charge in [-0.05, 0) is 34.1 Å². The fraction of sp³-hybridized carbons (Fsp3) is 0.800. The summed E-state index contributed by atoms with van der Waals surface area (Å²) in [5.74, 6) is 0.834. The maximum Gasteiger partial charge on any atom is 0.410 e. The molecule has 2 rings (SSSR count). The number of hydrogen-bond acceptors (Lipinski definition) is 5. The largest absolute Gasteiger partial charge is 0.444 e. The zero-order chi connectivity index (χ0) is 16.3. The molecule has 1 fully saturated rings. The smallest absolute Gasteiger partial charge is 0.410 e. The normalized spacial score (nSPS) is 20.2. The molecule has 0 aliphatic carbocycles. The molecule has 1 saturated heterocycles. The molecule has 2 atom stereocenters. The van der Waals surface area contributed by atoms with E-state index in [0.717, 1.165) is 18.8 Å². The second kappa shape index (κ2) is 6.64. The molecule has 22 heavy (non-hydrogen) atoms. The van der Waals surface area contributed by atoms with Gasteiger partial charge in [-0.2, -0.15) is 5.10 Å². The van der Waals surface area contributed by atoms with Crippen LogP contribution in [0, 0.1) is 5.92 Å². The van der Waals surface area contributed by atoms with Gasteiger partial charge in [-0.15, -0.1) is 0 Å². The molecule has 1 aliphatic heterocycles. The van der Waals surface area contributed by atoms with Crippen LogP contribution in [0.25, 0.3) is 0 Å². The van der Waals surface area contributed by atoms with Crippen molar-refractivity contribution in [3.05, 3.63) is 12.2 Å². The SMILES string of the molecule is CCn1ncnc1CC(O)C1CCN(C(=O)OC(C)(C)C)C1. The Morgan fingerprint density at radius 2 is 2.27 bits per heavy atom. The average Bonchev–Trinajstić information content (AvgIpc) is 3.05. The van der Waals surface area contributed by atoms with Crippen molar-refractivity contribution in [2.24, 2.45) is 5.92 Å². The number of aryl methyl sites for hydroxylation is 1. The lowest BCUT2D eigenvalue weighted by Gasteiger charge is -2.25. The Hall–Kier alpha value is -1.63. The molecule has 1 aromatic heterocycles. The van der Waals surface area contributed by atoms with E-state index in [-0.39, 0.29) is 12.0 Å². The van der Waals surface area contributed by atoms with E-state index in [2.05, 4.69) is 10.1 Å². The number of carbonyl (C=O) groups excluding carboxylic acids is 1. The van der Waals surface area contributed by atoms with Gasteiger partial charge in [0.15, 0.2) is 0 Å². The quantitative estimate of drug-likeness (QED) is 0.910. The van der Waals surface area contributed by atoms with E-state index < -0.39 is 11.7 Å². The van der Waals surface area contributed by atoms with Crippen LogP contribution in [-0.4, -0.2) is 55.7 Å². The third-order valence-electron chi connectivity index (χ3n) is 3.81. The van der Waals surface area contributed by atoms with Crippen LogP contribution < -0.4 is 0 Å². The van der Waals surface area contributed by atoms with Gasteiger partial charge in [0.25, 0.3) is 0 Å². The number of likely N-dealkylation sites (tertiary alicyclic amines) is 1. The van der Waals surface area contributed by atoms with E-state index in [1.165, 1.54) is 6.33 Å². The summed E-state index contributed by atoms with van der Waals surface area (Å²) in [7, 11) is 0. The molecular weight excluding hydrogens is 284 g/mol. The minimum Gasteiger partial charge on any atom is -0.444 e. The Kier molecular flexibility index (Phi) is 5.05. The Morgan fingerprint density at radius 3 is 2.91 bits per heavy atom. The molecule has 1 amide bonds. The summed E-state index contributed by atoms with van der Waals surface area (Å²) in [6.45, 7) is 9.43. The van der Waals surface area contributed by atoms with Crippen molar-refractivity contribution in [3.8, 4) is 0 Å². The van der Waals surface area contributed by atoms with Crippen LogP contribution in [0.2, 0.25) is 0 Å². The molecule has 0 spiro atoms. The number of aliphatic hydroxyl groups is 1. The molecule has 0 saturated carbocycles. The van der Waals surface area contributed by atoms with Gasteiger partial charge in [-0.25, -0.2) is 9.78 Å². The number of ether oxygens (including phenoxy) is 1. The molecular formula is C15H26N4O3. The van der Waals surface area contributed by atoms with Gasteiger partial charge in [-0.3, -0.25) is 4.68 Å². The van der Waals surface area contributed by atoms with Crippen molar-refractivity contribution in [1.29, 1.82) is 0 Å². The number of amides is 1. The number of carbonyl (C=O) groups is 1. The Labute approximate surface area is 131 Å². The first kappa shape index (κ1) is 16.7. The molecule has 2 unspecified atom stereocenters. The lowest BCUT2D eigenvalue weighted by Crippen LogP contribution is -2.36. The molecule has 0 aromatic carbocycles. The molecule has 1 N–H and O–H groups in total. The zero-order valence-electron chi connectivity index (χ0n) is 13.8. The predicted molar refractivity (Wildman–Crippen MR) is 81.3 cm³/mol. The van der Waals surface area contributed by atoms with Gasteiger partial charge in [-0.1, -0.05) is 0 Å². The number of aromatic nitrogens is 3. The summed E-state index contributed by atoms with van der Waals surface area (Å²) in [6.07, 6.45) is 1.91. The monoisotopic (exact) mass is 310 g/mol. The van der Waals surface area contributed by atoms with Crippen molar-refractivity contribution in [2.75, 3.05) is 13.1 Å². The first-order valence-corrected chi connectivity index (χ1v) is 7.83. The summed E-state index contributed by atoms with van der Waals surface area (Å²) < 4.78 is 7.15. The van der Waals surface area contributed by atoms with E-state index in [1.54, 1.807) is 9.58 Å². The summed E-state index contributed by atoms with van der Waals surface area (Å²) in [6, 6.07) is 0. The zero-order valence-corrected chi connectivity index (χ0v) is 13.8. The van der Waals surface area contributed by atoms with Gasteiger partial charge in [0.05, 0.1) is 6.10 Å². The maximum absolute atomic E-state index is 12.0. The first-order chi connectivity index (χ1) is 10.3. The van der Waals surface area contributed by atoms with Gasteiger partial charge in [0.2, 0.25) is 0 Å². The first-order valence-electron chi connectivity index (χ1n) is 7.83. The van der Waals surface area contributed by atoms with E-state index in [4.69, 9.17) is 4.74 Å². The summed E-state index contributed by atoms with van der Waals surface area (Å²) in [5.41, 5.74) is -0.495. The molecule has 1 aromatic rings.